The Morgan fingerprint density at radius 1 is 0.512 bits per heavy atom. The Hall–Kier alpha value is -4.68. The molecule has 210 valence electrons. The van der Waals surface area contributed by atoms with Crippen molar-refractivity contribution in [2.45, 2.75) is 45.4 Å². The molecule has 6 aromatic rings. The molecule has 0 aromatic heterocycles. The van der Waals surface area contributed by atoms with E-state index in [0.29, 0.717) is 11.8 Å². The van der Waals surface area contributed by atoms with Gasteiger partial charge in [-0.25, -0.2) is 0 Å². The Balaban J connectivity index is 1.33. The summed E-state index contributed by atoms with van der Waals surface area (Å²) < 4.78 is 0. The van der Waals surface area contributed by atoms with Gasteiger partial charge < -0.3 is 0 Å². The van der Waals surface area contributed by atoms with E-state index in [4.69, 9.17) is 0 Å². The summed E-state index contributed by atoms with van der Waals surface area (Å²) in [6, 6.07) is 52.1. The van der Waals surface area contributed by atoms with Crippen LogP contribution in [0.2, 0.25) is 0 Å². The average Bonchev–Trinajstić information content (AvgIpc) is 3.19. The Kier molecular flexibility index (Phi) is 7.29. The largest absolute Gasteiger partial charge is 0.0622 e. The molecule has 0 spiro atoms. The summed E-state index contributed by atoms with van der Waals surface area (Å²) in [7, 11) is 0. The van der Waals surface area contributed by atoms with Crippen LogP contribution in [0, 0.1) is 6.92 Å². The van der Waals surface area contributed by atoms with Gasteiger partial charge in [-0.2, -0.15) is 0 Å². The molecule has 0 nitrogen and oxygen atoms in total. The highest BCUT2D eigenvalue weighted by atomic mass is 14.3. The van der Waals surface area contributed by atoms with Gasteiger partial charge in [-0.3, -0.25) is 0 Å². The van der Waals surface area contributed by atoms with Crippen LogP contribution in [0.1, 0.15) is 59.9 Å². The van der Waals surface area contributed by atoms with Crippen molar-refractivity contribution in [3.8, 4) is 44.5 Å². The zero-order valence-corrected chi connectivity index (χ0v) is 25.3. The Bertz CT molecular complexity index is 1910. The highest BCUT2D eigenvalue weighted by Gasteiger charge is 2.28. The van der Waals surface area contributed by atoms with Crippen LogP contribution in [0.4, 0.5) is 0 Å². The number of aryl methyl sites for hydroxylation is 2. The number of fused-ring (bicyclic) bond motifs is 3. The molecule has 7 rings (SSSR count). The minimum atomic E-state index is 0.335. The maximum Gasteiger partial charge on any atom is 0.0101 e. The van der Waals surface area contributed by atoms with Crippen molar-refractivity contribution in [1.82, 2.24) is 0 Å². The van der Waals surface area contributed by atoms with Crippen LogP contribution in [0.25, 0.3) is 44.5 Å². The SMILES string of the molecule is CCc1ccc(-c2ccc3c(c2)-c2ccccc2C(c2cccc(-c4ccccc4)c2)CC3C)cc1-c1ccccc1C. The zero-order valence-electron chi connectivity index (χ0n) is 25.3. The molecule has 0 N–H and O–H groups in total. The predicted molar refractivity (Wildman–Crippen MR) is 184 cm³/mol. The van der Waals surface area contributed by atoms with Crippen LogP contribution in [0.5, 0.6) is 0 Å². The van der Waals surface area contributed by atoms with E-state index in [1.54, 1.807) is 0 Å². The molecule has 2 atom stereocenters. The van der Waals surface area contributed by atoms with E-state index in [1.165, 1.54) is 72.3 Å². The highest BCUT2D eigenvalue weighted by molar-refractivity contribution is 5.82. The quantitative estimate of drug-likeness (QED) is 0.199. The van der Waals surface area contributed by atoms with Crippen LogP contribution in [0.15, 0.2) is 140 Å². The number of hydrogen-bond donors (Lipinski definition) is 0. The topological polar surface area (TPSA) is 0 Å². The molecule has 2 unspecified atom stereocenters. The van der Waals surface area contributed by atoms with E-state index >= 15 is 0 Å². The molecule has 0 radical (unpaired) electrons. The van der Waals surface area contributed by atoms with E-state index in [2.05, 4.69) is 160 Å². The summed E-state index contributed by atoms with van der Waals surface area (Å²) in [6.07, 6.45) is 2.11. The molecule has 0 fully saturated rings. The van der Waals surface area contributed by atoms with Gasteiger partial charge in [0.2, 0.25) is 0 Å². The second kappa shape index (κ2) is 11.5. The number of hydrogen-bond acceptors (Lipinski definition) is 0. The van der Waals surface area contributed by atoms with Gasteiger partial charge in [0.1, 0.15) is 0 Å². The van der Waals surface area contributed by atoms with Gasteiger partial charge >= 0.3 is 0 Å². The average molecular weight is 555 g/mol. The van der Waals surface area contributed by atoms with E-state index in [1.807, 2.05) is 0 Å². The third kappa shape index (κ3) is 5.12. The van der Waals surface area contributed by atoms with Crippen molar-refractivity contribution in [3.63, 3.8) is 0 Å². The number of benzene rings is 6. The lowest BCUT2D eigenvalue weighted by Gasteiger charge is -2.21. The molecular weight excluding hydrogens is 516 g/mol. The van der Waals surface area contributed by atoms with E-state index < -0.39 is 0 Å². The normalized spacial score (nSPS) is 15.8. The molecule has 0 aliphatic heterocycles. The van der Waals surface area contributed by atoms with Crippen LogP contribution in [-0.4, -0.2) is 0 Å². The summed E-state index contributed by atoms with van der Waals surface area (Å²) in [5.41, 5.74) is 17.5. The lowest BCUT2D eigenvalue weighted by Crippen LogP contribution is -2.04. The molecule has 0 saturated carbocycles. The molecule has 6 aromatic carbocycles. The van der Waals surface area contributed by atoms with Crippen molar-refractivity contribution < 1.29 is 0 Å². The lowest BCUT2D eigenvalue weighted by atomic mass is 9.83. The molecule has 0 heteroatoms. The van der Waals surface area contributed by atoms with E-state index in [-0.39, 0.29) is 0 Å². The molecule has 0 saturated heterocycles. The minimum absolute atomic E-state index is 0.335. The number of rotatable bonds is 5. The first kappa shape index (κ1) is 27.2. The Morgan fingerprint density at radius 2 is 1.16 bits per heavy atom. The fourth-order valence-electron chi connectivity index (χ4n) is 7.12. The summed E-state index contributed by atoms with van der Waals surface area (Å²) in [5, 5.41) is 0. The van der Waals surface area contributed by atoms with Crippen molar-refractivity contribution >= 4 is 0 Å². The molecule has 0 amide bonds. The Morgan fingerprint density at radius 3 is 1.95 bits per heavy atom. The molecule has 0 bridgehead atoms. The van der Waals surface area contributed by atoms with Crippen molar-refractivity contribution in [2.75, 3.05) is 0 Å². The van der Waals surface area contributed by atoms with Gasteiger partial charge in [0.05, 0.1) is 0 Å². The van der Waals surface area contributed by atoms with Crippen molar-refractivity contribution in [1.29, 1.82) is 0 Å². The van der Waals surface area contributed by atoms with Gasteiger partial charge in [-0.1, -0.05) is 141 Å². The van der Waals surface area contributed by atoms with Gasteiger partial charge in [-0.15, -0.1) is 0 Å². The van der Waals surface area contributed by atoms with Gasteiger partial charge in [0.15, 0.2) is 0 Å². The zero-order chi connectivity index (χ0) is 29.3. The summed E-state index contributed by atoms with van der Waals surface area (Å²) in [6.45, 7) is 6.88. The second-order valence-electron chi connectivity index (χ2n) is 12.1. The first-order valence-electron chi connectivity index (χ1n) is 15.7. The third-order valence-electron chi connectivity index (χ3n) is 9.46. The van der Waals surface area contributed by atoms with Gasteiger partial charge in [-0.05, 0) is 110 Å². The van der Waals surface area contributed by atoms with Crippen LogP contribution in [-0.2, 0) is 6.42 Å². The molecule has 0 heterocycles. The molecule has 1 aliphatic carbocycles. The van der Waals surface area contributed by atoms with Crippen LogP contribution >= 0.6 is 0 Å². The molecular formula is C43H38. The van der Waals surface area contributed by atoms with Crippen molar-refractivity contribution in [2.24, 2.45) is 0 Å². The smallest absolute Gasteiger partial charge is 0.0101 e. The van der Waals surface area contributed by atoms with Crippen molar-refractivity contribution in [3.05, 3.63) is 167 Å². The first-order chi connectivity index (χ1) is 21.1. The maximum atomic E-state index is 2.45. The van der Waals surface area contributed by atoms with Crippen LogP contribution in [0.3, 0.4) is 0 Å². The second-order valence-corrected chi connectivity index (χ2v) is 12.1. The molecule has 1 aliphatic rings. The summed E-state index contributed by atoms with van der Waals surface area (Å²) in [4.78, 5) is 0. The standard InChI is InChI=1S/C43H38/c1-4-31-21-22-34(27-42(31)37-18-9-8-13-29(37)2)35-23-24-38-30(3)25-41(39-19-10-11-20-40(39)43(38)28-35)36-17-12-16-33(26-36)32-14-6-5-7-15-32/h5-24,26-28,30,41H,4,25H2,1-3H3. The van der Waals surface area contributed by atoms with E-state index in [9.17, 15) is 0 Å². The van der Waals surface area contributed by atoms with Gasteiger partial charge in [0.25, 0.3) is 0 Å². The first-order valence-corrected chi connectivity index (χ1v) is 15.7. The highest BCUT2D eigenvalue weighted by Crippen LogP contribution is 2.47. The summed E-state index contributed by atoms with van der Waals surface area (Å²) in [5.74, 6) is 0.772. The fourth-order valence-corrected chi connectivity index (χ4v) is 7.12. The van der Waals surface area contributed by atoms with E-state index in [0.717, 1.165) is 12.8 Å². The fraction of sp³-hybridized carbons (Fsp3) is 0.163. The minimum Gasteiger partial charge on any atom is -0.0622 e. The third-order valence-corrected chi connectivity index (χ3v) is 9.46. The van der Waals surface area contributed by atoms with Crippen LogP contribution < -0.4 is 0 Å². The predicted octanol–water partition coefficient (Wildman–Crippen LogP) is 11.9. The maximum absolute atomic E-state index is 2.45. The monoisotopic (exact) mass is 554 g/mol. The molecule has 43 heavy (non-hydrogen) atoms. The van der Waals surface area contributed by atoms with Gasteiger partial charge in [0, 0.05) is 5.92 Å². The lowest BCUT2D eigenvalue weighted by molar-refractivity contribution is 0.626. The summed E-state index contributed by atoms with van der Waals surface area (Å²) >= 11 is 0. The Labute approximate surface area is 256 Å².